The number of aliphatic carboxylic acids is 1. The number of ether oxygens (including phenoxy) is 1. The molecule has 0 bridgehead atoms. The van der Waals surface area contributed by atoms with Crippen LogP contribution in [0.3, 0.4) is 0 Å². The molecule has 0 radical (unpaired) electrons. The zero-order valence-electron chi connectivity index (χ0n) is 19.7. The molecule has 2 aliphatic carbocycles. The Morgan fingerprint density at radius 3 is 2.40 bits per heavy atom. The topological polar surface area (TPSA) is 95.9 Å². The molecule has 35 heavy (non-hydrogen) atoms. The second-order valence-electron chi connectivity index (χ2n) is 9.86. The van der Waals surface area contributed by atoms with Gasteiger partial charge in [-0.15, -0.1) is 11.8 Å². The van der Waals surface area contributed by atoms with E-state index in [1.54, 1.807) is 0 Å². The summed E-state index contributed by atoms with van der Waals surface area (Å²) in [6.45, 7) is 2.23. The molecule has 3 aliphatic rings. The van der Waals surface area contributed by atoms with E-state index in [2.05, 4.69) is 36.5 Å². The van der Waals surface area contributed by atoms with E-state index in [1.807, 2.05) is 24.3 Å². The van der Waals surface area contributed by atoms with Gasteiger partial charge >= 0.3 is 12.1 Å². The lowest BCUT2D eigenvalue weighted by Gasteiger charge is -2.41. The van der Waals surface area contributed by atoms with Gasteiger partial charge in [-0.05, 0) is 41.0 Å². The third-order valence-electron chi connectivity index (χ3n) is 7.52. The Labute approximate surface area is 209 Å². The standard InChI is InChI=1S/C27H30N2O5S/c1-17-7-6-12-27(13-17,25(32)29-16-35-15-23(29)24(30)31)28-26(33)34-14-22-20-10-4-2-8-18(20)19-9-3-5-11-21(19)22/h2-5,8-11,17,22-23H,6-7,12-16H2,1H3,(H,28,33)(H,30,31). The van der Waals surface area contributed by atoms with Gasteiger partial charge in [0.15, 0.2) is 0 Å². The summed E-state index contributed by atoms with van der Waals surface area (Å²) in [7, 11) is 0. The van der Waals surface area contributed by atoms with Crippen molar-refractivity contribution in [3.63, 3.8) is 0 Å². The van der Waals surface area contributed by atoms with Gasteiger partial charge in [-0.1, -0.05) is 68.3 Å². The van der Waals surface area contributed by atoms with Crippen LogP contribution in [-0.4, -0.2) is 57.8 Å². The molecule has 0 spiro atoms. The van der Waals surface area contributed by atoms with Crippen molar-refractivity contribution in [2.75, 3.05) is 18.2 Å². The molecule has 1 heterocycles. The number of carboxylic acids is 1. The van der Waals surface area contributed by atoms with Gasteiger partial charge in [0.05, 0.1) is 5.88 Å². The number of alkyl carbamates (subject to hydrolysis) is 1. The third kappa shape index (κ3) is 4.40. The first-order valence-electron chi connectivity index (χ1n) is 12.1. The quantitative estimate of drug-likeness (QED) is 0.637. The Balaban J connectivity index is 1.33. The largest absolute Gasteiger partial charge is 0.480 e. The third-order valence-corrected chi connectivity index (χ3v) is 8.53. The van der Waals surface area contributed by atoms with Crippen LogP contribution in [0.15, 0.2) is 48.5 Å². The molecule has 2 N–H and O–H groups in total. The minimum absolute atomic E-state index is 0.0727. The van der Waals surface area contributed by atoms with Crippen LogP contribution in [0.25, 0.3) is 11.1 Å². The van der Waals surface area contributed by atoms with Crippen LogP contribution in [0.4, 0.5) is 4.79 Å². The molecule has 184 valence electrons. The van der Waals surface area contributed by atoms with Crippen molar-refractivity contribution in [1.82, 2.24) is 10.2 Å². The van der Waals surface area contributed by atoms with Crippen molar-refractivity contribution in [2.24, 2.45) is 5.92 Å². The number of rotatable bonds is 5. The Morgan fingerprint density at radius 2 is 1.77 bits per heavy atom. The molecular formula is C27H30N2O5S. The van der Waals surface area contributed by atoms with Gasteiger partial charge in [0, 0.05) is 11.7 Å². The summed E-state index contributed by atoms with van der Waals surface area (Å²) in [6, 6.07) is 15.4. The molecule has 8 heteroatoms. The van der Waals surface area contributed by atoms with E-state index >= 15 is 0 Å². The molecule has 5 rings (SSSR count). The Morgan fingerprint density at radius 1 is 1.11 bits per heavy atom. The van der Waals surface area contributed by atoms with Crippen LogP contribution in [-0.2, 0) is 14.3 Å². The highest BCUT2D eigenvalue weighted by atomic mass is 32.2. The minimum Gasteiger partial charge on any atom is -0.480 e. The number of nitrogens with zero attached hydrogens (tertiary/aromatic N) is 1. The molecule has 3 unspecified atom stereocenters. The van der Waals surface area contributed by atoms with Gasteiger partial charge < -0.3 is 20.1 Å². The Hall–Kier alpha value is -3.00. The van der Waals surface area contributed by atoms with Crippen molar-refractivity contribution < 1.29 is 24.2 Å². The Bertz CT molecular complexity index is 1110. The normalized spacial score (nSPS) is 25.6. The van der Waals surface area contributed by atoms with Crippen LogP contribution in [0.2, 0.25) is 0 Å². The number of fused-ring (bicyclic) bond motifs is 3. The van der Waals surface area contributed by atoms with Crippen LogP contribution in [0.1, 0.15) is 49.7 Å². The fourth-order valence-electron chi connectivity index (χ4n) is 5.86. The number of thioether (sulfide) groups is 1. The average Bonchev–Trinajstić information content (AvgIpc) is 3.46. The van der Waals surface area contributed by atoms with Crippen LogP contribution < -0.4 is 5.32 Å². The summed E-state index contributed by atoms with van der Waals surface area (Å²) in [5.41, 5.74) is 3.40. The number of carbonyl (C=O) groups is 3. The SMILES string of the molecule is CC1CCCC(NC(=O)OCC2c3ccccc3-c3ccccc32)(C(=O)N2CSCC2C(=O)O)C1. The van der Waals surface area contributed by atoms with E-state index in [0.29, 0.717) is 24.5 Å². The molecule has 0 aromatic heterocycles. The maximum absolute atomic E-state index is 13.7. The van der Waals surface area contributed by atoms with Gasteiger partial charge in [-0.2, -0.15) is 0 Å². The van der Waals surface area contributed by atoms with E-state index in [1.165, 1.54) is 16.7 Å². The summed E-state index contributed by atoms with van der Waals surface area (Å²) in [4.78, 5) is 39.9. The van der Waals surface area contributed by atoms with Crippen LogP contribution >= 0.6 is 11.8 Å². The van der Waals surface area contributed by atoms with Gasteiger partial charge in [-0.25, -0.2) is 9.59 Å². The molecule has 2 aromatic carbocycles. The molecule has 2 aromatic rings. The second kappa shape index (κ2) is 9.57. The van der Waals surface area contributed by atoms with E-state index in [-0.39, 0.29) is 24.3 Å². The lowest BCUT2D eigenvalue weighted by molar-refractivity contribution is -0.151. The highest BCUT2D eigenvalue weighted by molar-refractivity contribution is 7.99. The van der Waals surface area contributed by atoms with Crippen molar-refractivity contribution in [2.45, 2.75) is 50.1 Å². The number of hydrogen-bond donors (Lipinski definition) is 2. The fourth-order valence-corrected chi connectivity index (χ4v) is 7.01. The van der Waals surface area contributed by atoms with Crippen molar-refractivity contribution in [3.05, 3.63) is 59.7 Å². The monoisotopic (exact) mass is 494 g/mol. The summed E-state index contributed by atoms with van der Waals surface area (Å²) in [5.74, 6) is -0.481. The zero-order valence-corrected chi connectivity index (χ0v) is 20.6. The summed E-state index contributed by atoms with van der Waals surface area (Å²) in [5, 5.41) is 12.5. The van der Waals surface area contributed by atoms with Crippen molar-refractivity contribution in [1.29, 1.82) is 0 Å². The molecule has 7 nitrogen and oxygen atoms in total. The smallest absolute Gasteiger partial charge is 0.408 e. The maximum Gasteiger partial charge on any atom is 0.408 e. The van der Waals surface area contributed by atoms with Gasteiger partial charge in [0.2, 0.25) is 5.91 Å². The molecule has 1 saturated carbocycles. The number of hydrogen-bond acceptors (Lipinski definition) is 5. The summed E-state index contributed by atoms with van der Waals surface area (Å²) >= 11 is 1.42. The Kier molecular flexibility index (Phi) is 6.49. The highest BCUT2D eigenvalue weighted by Crippen LogP contribution is 2.44. The first-order chi connectivity index (χ1) is 16.9. The second-order valence-corrected chi connectivity index (χ2v) is 10.9. The molecule has 2 fully saturated rings. The number of carboxylic acid groups (broad SMARTS) is 1. The predicted molar refractivity (Wildman–Crippen MR) is 134 cm³/mol. The van der Waals surface area contributed by atoms with E-state index < -0.39 is 23.6 Å². The lowest BCUT2D eigenvalue weighted by atomic mass is 9.75. The number of amides is 2. The minimum atomic E-state index is -1.14. The number of benzene rings is 2. The molecule has 3 atom stereocenters. The van der Waals surface area contributed by atoms with Crippen LogP contribution in [0, 0.1) is 5.92 Å². The average molecular weight is 495 g/mol. The highest BCUT2D eigenvalue weighted by Gasteiger charge is 2.49. The molecule has 1 saturated heterocycles. The fraction of sp³-hybridized carbons (Fsp3) is 0.444. The predicted octanol–water partition coefficient (Wildman–Crippen LogP) is 4.46. The van der Waals surface area contributed by atoms with Gasteiger partial charge in [-0.3, -0.25) is 4.79 Å². The summed E-state index contributed by atoms with van der Waals surface area (Å²) < 4.78 is 5.75. The number of nitrogens with one attached hydrogen (secondary N) is 1. The first-order valence-corrected chi connectivity index (χ1v) is 13.3. The van der Waals surface area contributed by atoms with Crippen molar-refractivity contribution >= 4 is 29.7 Å². The van der Waals surface area contributed by atoms with E-state index in [9.17, 15) is 19.5 Å². The maximum atomic E-state index is 13.7. The molecule has 2 amide bonds. The van der Waals surface area contributed by atoms with E-state index in [4.69, 9.17) is 4.74 Å². The molecule has 1 aliphatic heterocycles. The number of carbonyl (C=O) groups excluding carboxylic acids is 2. The van der Waals surface area contributed by atoms with Crippen molar-refractivity contribution in [3.8, 4) is 11.1 Å². The van der Waals surface area contributed by atoms with E-state index in [0.717, 1.165) is 35.1 Å². The van der Waals surface area contributed by atoms with Gasteiger partial charge in [0.25, 0.3) is 0 Å². The lowest BCUT2D eigenvalue weighted by Crippen LogP contribution is -2.63. The summed E-state index contributed by atoms with van der Waals surface area (Å²) in [6.07, 6.45) is 2.08. The zero-order chi connectivity index (χ0) is 24.6. The van der Waals surface area contributed by atoms with Gasteiger partial charge in [0.1, 0.15) is 18.2 Å². The molecular weight excluding hydrogens is 464 g/mol. The first kappa shape index (κ1) is 23.7. The van der Waals surface area contributed by atoms with Crippen LogP contribution in [0.5, 0.6) is 0 Å².